The summed E-state index contributed by atoms with van der Waals surface area (Å²) in [4.78, 5) is 42.7. The fraction of sp³-hybridized carbons (Fsp3) is 0.591. The number of benzene rings is 1. The SMILES string of the molecule is C[C@H]1C(=O)N(CCC(=O)N2CC[C@](C)(CO)[C@H](O)C2)CCN1C(=O)Nc1ccc(Cl)c(Cl)c1. The van der Waals surface area contributed by atoms with Crippen molar-refractivity contribution in [1.29, 1.82) is 0 Å². The van der Waals surface area contributed by atoms with Crippen molar-refractivity contribution in [2.75, 3.05) is 44.6 Å². The van der Waals surface area contributed by atoms with E-state index in [4.69, 9.17) is 23.2 Å². The lowest BCUT2D eigenvalue weighted by atomic mass is 9.78. The van der Waals surface area contributed by atoms with Crippen LogP contribution < -0.4 is 5.32 Å². The zero-order chi connectivity index (χ0) is 24.3. The lowest BCUT2D eigenvalue weighted by Gasteiger charge is -2.43. The highest BCUT2D eigenvalue weighted by Crippen LogP contribution is 2.31. The lowest BCUT2D eigenvalue weighted by molar-refractivity contribution is -0.143. The molecule has 4 amide bonds. The molecule has 3 atom stereocenters. The summed E-state index contributed by atoms with van der Waals surface area (Å²) in [6, 6.07) is 3.64. The highest BCUT2D eigenvalue weighted by molar-refractivity contribution is 6.42. The second-order valence-corrected chi connectivity index (χ2v) is 9.74. The molecule has 0 saturated carbocycles. The number of nitrogens with zero attached hydrogens (tertiary/aromatic N) is 3. The Bertz CT molecular complexity index is 917. The number of halogens is 2. The van der Waals surface area contributed by atoms with Crippen LogP contribution in [0.4, 0.5) is 10.5 Å². The van der Waals surface area contributed by atoms with E-state index in [0.29, 0.717) is 41.8 Å². The molecule has 0 radical (unpaired) electrons. The average molecular weight is 501 g/mol. The van der Waals surface area contributed by atoms with Gasteiger partial charge in [-0.15, -0.1) is 0 Å². The number of piperidine rings is 1. The van der Waals surface area contributed by atoms with Gasteiger partial charge in [-0.1, -0.05) is 30.1 Å². The minimum Gasteiger partial charge on any atom is -0.396 e. The number of anilines is 1. The van der Waals surface area contributed by atoms with Crippen molar-refractivity contribution in [1.82, 2.24) is 14.7 Å². The summed E-state index contributed by atoms with van der Waals surface area (Å²) in [7, 11) is 0. The van der Waals surface area contributed by atoms with Gasteiger partial charge in [0.25, 0.3) is 0 Å². The van der Waals surface area contributed by atoms with Gasteiger partial charge in [0.05, 0.1) is 22.8 Å². The van der Waals surface area contributed by atoms with E-state index in [2.05, 4.69) is 5.32 Å². The molecule has 2 aliphatic rings. The largest absolute Gasteiger partial charge is 0.396 e. The van der Waals surface area contributed by atoms with E-state index in [-0.39, 0.29) is 37.9 Å². The highest BCUT2D eigenvalue weighted by atomic mass is 35.5. The molecule has 1 aromatic rings. The van der Waals surface area contributed by atoms with Gasteiger partial charge in [-0.25, -0.2) is 4.79 Å². The quantitative estimate of drug-likeness (QED) is 0.572. The first-order valence-electron chi connectivity index (χ1n) is 10.9. The van der Waals surface area contributed by atoms with E-state index in [1.807, 2.05) is 0 Å². The van der Waals surface area contributed by atoms with Gasteiger partial charge in [-0.3, -0.25) is 9.59 Å². The molecule has 0 spiro atoms. The Morgan fingerprint density at radius 1 is 1.21 bits per heavy atom. The number of nitrogens with one attached hydrogen (secondary N) is 1. The first kappa shape index (κ1) is 25.6. The molecule has 0 bridgehead atoms. The van der Waals surface area contributed by atoms with E-state index >= 15 is 0 Å². The predicted molar refractivity (Wildman–Crippen MR) is 125 cm³/mol. The number of piperazine rings is 1. The van der Waals surface area contributed by atoms with Crippen molar-refractivity contribution in [2.45, 2.75) is 38.8 Å². The van der Waals surface area contributed by atoms with Gasteiger partial charge < -0.3 is 30.2 Å². The van der Waals surface area contributed by atoms with Crippen molar-refractivity contribution >= 4 is 46.7 Å². The predicted octanol–water partition coefficient (Wildman–Crippen LogP) is 2.04. The summed E-state index contributed by atoms with van der Waals surface area (Å²) in [5.41, 5.74) is -0.126. The van der Waals surface area contributed by atoms with E-state index in [0.717, 1.165) is 0 Å². The summed E-state index contributed by atoms with van der Waals surface area (Å²) in [5.74, 6) is -0.376. The number of hydrogen-bond acceptors (Lipinski definition) is 5. The van der Waals surface area contributed by atoms with Gasteiger partial charge in [0.1, 0.15) is 6.04 Å². The Morgan fingerprint density at radius 3 is 2.58 bits per heavy atom. The molecule has 0 unspecified atom stereocenters. The molecule has 33 heavy (non-hydrogen) atoms. The maximum absolute atomic E-state index is 12.8. The fourth-order valence-electron chi connectivity index (χ4n) is 4.08. The monoisotopic (exact) mass is 500 g/mol. The number of β-amino-alcohol motifs (C(OH)–C–C–N with tert-alkyl or cyclic N) is 1. The van der Waals surface area contributed by atoms with Crippen molar-refractivity contribution in [3.8, 4) is 0 Å². The van der Waals surface area contributed by atoms with Crippen molar-refractivity contribution in [2.24, 2.45) is 5.41 Å². The number of urea groups is 1. The summed E-state index contributed by atoms with van der Waals surface area (Å²) in [5, 5.41) is 23.2. The first-order chi connectivity index (χ1) is 15.6. The molecule has 1 aromatic carbocycles. The number of likely N-dealkylation sites (tertiary alicyclic amines) is 1. The molecule has 2 aliphatic heterocycles. The van der Waals surface area contributed by atoms with Crippen molar-refractivity contribution in [3.63, 3.8) is 0 Å². The van der Waals surface area contributed by atoms with Crippen LogP contribution in [0, 0.1) is 5.41 Å². The summed E-state index contributed by atoms with van der Waals surface area (Å²) >= 11 is 11.9. The summed E-state index contributed by atoms with van der Waals surface area (Å²) in [6.07, 6.45) is -0.144. The smallest absolute Gasteiger partial charge is 0.322 e. The second-order valence-electron chi connectivity index (χ2n) is 8.92. The molecule has 0 aliphatic carbocycles. The van der Waals surface area contributed by atoms with Crippen LogP contribution in [0.1, 0.15) is 26.7 Å². The molecule has 3 N–H and O–H groups in total. The third-order valence-corrected chi connectivity index (χ3v) is 7.38. The lowest BCUT2D eigenvalue weighted by Crippen LogP contribution is -2.59. The van der Waals surface area contributed by atoms with Crippen molar-refractivity contribution in [3.05, 3.63) is 28.2 Å². The van der Waals surface area contributed by atoms with Crippen LogP contribution in [-0.2, 0) is 9.59 Å². The minimum absolute atomic E-state index is 0.133. The van der Waals surface area contributed by atoms with Crippen LogP contribution in [0.5, 0.6) is 0 Å². The number of rotatable bonds is 5. The Kier molecular flexibility index (Phi) is 8.10. The molecule has 11 heteroatoms. The maximum Gasteiger partial charge on any atom is 0.322 e. The fourth-order valence-corrected chi connectivity index (χ4v) is 4.37. The highest BCUT2D eigenvalue weighted by Gasteiger charge is 2.39. The maximum atomic E-state index is 12.8. The molecule has 2 heterocycles. The number of carbonyl (C=O) groups excluding carboxylic acids is 3. The Labute approximate surface area is 203 Å². The van der Waals surface area contributed by atoms with Gasteiger partial charge in [0, 0.05) is 50.2 Å². The van der Waals surface area contributed by atoms with E-state index in [9.17, 15) is 24.6 Å². The molecule has 182 valence electrons. The van der Waals surface area contributed by atoms with Gasteiger partial charge in [-0.05, 0) is 31.5 Å². The zero-order valence-corrected chi connectivity index (χ0v) is 20.3. The van der Waals surface area contributed by atoms with Gasteiger partial charge in [0.15, 0.2) is 0 Å². The van der Waals surface area contributed by atoms with Crippen LogP contribution in [0.15, 0.2) is 18.2 Å². The van der Waals surface area contributed by atoms with Crippen LogP contribution in [0.3, 0.4) is 0 Å². The van der Waals surface area contributed by atoms with Crippen LogP contribution in [-0.4, -0.2) is 94.2 Å². The van der Waals surface area contributed by atoms with Crippen LogP contribution in [0.25, 0.3) is 0 Å². The summed E-state index contributed by atoms with van der Waals surface area (Å²) in [6.45, 7) is 4.84. The van der Waals surface area contributed by atoms with Crippen LogP contribution in [0.2, 0.25) is 10.0 Å². The minimum atomic E-state index is -0.792. The molecular weight excluding hydrogens is 471 g/mol. The van der Waals surface area contributed by atoms with Gasteiger partial charge in [-0.2, -0.15) is 0 Å². The van der Waals surface area contributed by atoms with E-state index in [1.165, 1.54) is 11.0 Å². The number of aliphatic hydroxyl groups is 2. The summed E-state index contributed by atoms with van der Waals surface area (Å²) < 4.78 is 0. The van der Waals surface area contributed by atoms with Gasteiger partial charge >= 0.3 is 6.03 Å². The molecule has 3 rings (SSSR count). The van der Waals surface area contributed by atoms with E-state index < -0.39 is 23.6 Å². The Hall–Kier alpha value is -2.07. The first-order valence-corrected chi connectivity index (χ1v) is 11.7. The standard InChI is InChI=1S/C22H30Cl2N4O5/c1-14-20(32)26(7-5-19(31)27-8-6-22(2,13-29)18(30)12-27)9-10-28(14)21(33)25-15-3-4-16(23)17(24)11-15/h3-4,11,14,18,29-30H,5-10,12-13H2,1-2H3,(H,25,33)/t14-,18+,22+/m0/s1. The second kappa shape index (κ2) is 10.5. The average Bonchev–Trinajstić information content (AvgIpc) is 2.78. The Morgan fingerprint density at radius 2 is 1.94 bits per heavy atom. The molecule has 9 nitrogen and oxygen atoms in total. The topological polar surface area (TPSA) is 113 Å². The number of carbonyl (C=O) groups is 3. The Balaban J connectivity index is 1.50. The van der Waals surface area contributed by atoms with Gasteiger partial charge in [0.2, 0.25) is 11.8 Å². The van der Waals surface area contributed by atoms with Crippen LogP contribution >= 0.6 is 23.2 Å². The van der Waals surface area contributed by atoms with E-state index in [1.54, 1.807) is 35.8 Å². The molecule has 2 saturated heterocycles. The molecule has 0 aromatic heterocycles. The van der Waals surface area contributed by atoms with Crippen molar-refractivity contribution < 1.29 is 24.6 Å². The molecular formula is C22H30Cl2N4O5. The number of hydrogen-bond donors (Lipinski definition) is 3. The zero-order valence-electron chi connectivity index (χ0n) is 18.8. The number of aliphatic hydroxyl groups excluding tert-OH is 2. The normalized spacial score (nSPS) is 25.9. The third kappa shape index (κ3) is 5.71. The molecule has 2 fully saturated rings. The third-order valence-electron chi connectivity index (χ3n) is 6.64. The number of amides is 4.